The monoisotopic (exact) mass is 142 g/mol. The molecule has 0 aromatic rings. The van der Waals surface area contributed by atoms with Crippen LogP contribution in [0.15, 0.2) is 0 Å². The Bertz CT molecular complexity index is 89.4. The van der Waals surface area contributed by atoms with E-state index in [1.165, 1.54) is 25.7 Å². The summed E-state index contributed by atoms with van der Waals surface area (Å²) in [5.41, 5.74) is 5.98. The lowest BCUT2D eigenvalue weighted by atomic mass is 9.87. The third-order valence-corrected chi connectivity index (χ3v) is 2.65. The fraction of sp³-hybridized carbons (Fsp3) is 1.00. The van der Waals surface area contributed by atoms with E-state index in [9.17, 15) is 0 Å². The predicted octanol–water partition coefficient (Wildman–Crippen LogP) is 0.867. The highest BCUT2D eigenvalue weighted by Crippen LogP contribution is 2.20. The van der Waals surface area contributed by atoms with Gasteiger partial charge in [-0.2, -0.15) is 0 Å². The van der Waals surface area contributed by atoms with E-state index in [0.29, 0.717) is 0 Å². The molecule has 0 aromatic heterocycles. The first kappa shape index (κ1) is 8.02. The van der Waals surface area contributed by atoms with Gasteiger partial charge in [0.05, 0.1) is 0 Å². The van der Waals surface area contributed by atoms with Gasteiger partial charge >= 0.3 is 0 Å². The minimum Gasteiger partial charge on any atom is -0.329 e. The summed E-state index contributed by atoms with van der Waals surface area (Å²) in [6.07, 6.45) is 5.10. The summed E-state index contributed by atoms with van der Waals surface area (Å²) in [5, 5.41) is 3.51. The van der Waals surface area contributed by atoms with Crippen LogP contribution in [-0.4, -0.2) is 18.6 Å². The maximum absolute atomic E-state index is 5.69. The van der Waals surface area contributed by atoms with Crippen LogP contribution in [0.5, 0.6) is 0 Å². The number of piperidine rings is 1. The summed E-state index contributed by atoms with van der Waals surface area (Å²) in [5.74, 6) is 0. The fourth-order valence-corrected chi connectivity index (χ4v) is 1.65. The van der Waals surface area contributed by atoms with E-state index in [2.05, 4.69) is 12.2 Å². The Kier molecular flexibility index (Phi) is 2.69. The van der Waals surface area contributed by atoms with Crippen LogP contribution in [0.4, 0.5) is 0 Å². The Labute approximate surface area is 63.2 Å². The van der Waals surface area contributed by atoms with Gasteiger partial charge in [0.25, 0.3) is 0 Å². The van der Waals surface area contributed by atoms with Crippen molar-refractivity contribution in [2.24, 2.45) is 5.73 Å². The van der Waals surface area contributed by atoms with Gasteiger partial charge in [0.15, 0.2) is 0 Å². The molecule has 1 saturated heterocycles. The summed E-state index contributed by atoms with van der Waals surface area (Å²) in [6.45, 7) is 4.17. The number of nitrogens with one attached hydrogen (secondary N) is 1. The van der Waals surface area contributed by atoms with Gasteiger partial charge in [-0.3, -0.25) is 0 Å². The van der Waals surface area contributed by atoms with E-state index in [-0.39, 0.29) is 5.54 Å². The molecular formula is C8H18N2. The lowest BCUT2D eigenvalue weighted by molar-refractivity contribution is 0.253. The lowest BCUT2D eigenvalue weighted by Crippen LogP contribution is -2.53. The zero-order valence-corrected chi connectivity index (χ0v) is 6.82. The average Bonchev–Trinajstić information content (AvgIpc) is 2.06. The normalized spacial score (nSPS) is 34.2. The summed E-state index contributed by atoms with van der Waals surface area (Å²) in [6, 6.07) is 0. The van der Waals surface area contributed by atoms with Crippen LogP contribution in [0.25, 0.3) is 0 Å². The van der Waals surface area contributed by atoms with Crippen molar-refractivity contribution in [1.82, 2.24) is 5.32 Å². The average molecular weight is 142 g/mol. The molecule has 0 saturated carbocycles. The van der Waals surface area contributed by atoms with Crippen LogP contribution in [0.2, 0.25) is 0 Å². The molecule has 1 aliphatic rings. The van der Waals surface area contributed by atoms with E-state index < -0.39 is 0 Å². The van der Waals surface area contributed by atoms with Gasteiger partial charge in [-0.25, -0.2) is 0 Å². The first-order valence-electron chi connectivity index (χ1n) is 4.28. The fourth-order valence-electron chi connectivity index (χ4n) is 1.65. The molecule has 0 amide bonds. The number of nitrogens with two attached hydrogens (primary N) is 1. The third kappa shape index (κ3) is 1.50. The molecule has 2 nitrogen and oxygen atoms in total. The largest absolute Gasteiger partial charge is 0.329 e. The van der Waals surface area contributed by atoms with E-state index in [0.717, 1.165) is 13.1 Å². The van der Waals surface area contributed by atoms with Crippen molar-refractivity contribution in [3.05, 3.63) is 0 Å². The second-order valence-electron chi connectivity index (χ2n) is 3.22. The summed E-state index contributed by atoms with van der Waals surface area (Å²) in [7, 11) is 0. The van der Waals surface area contributed by atoms with Gasteiger partial charge in [-0.1, -0.05) is 13.3 Å². The van der Waals surface area contributed by atoms with Crippen molar-refractivity contribution in [1.29, 1.82) is 0 Å². The van der Waals surface area contributed by atoms with Crippen molar-refractivity contribution < 1.29 is 0 Å². The van der Waals surface area contributed by atoms with E-state index >= 15 is 0 Å². The summed E-state index contributed by atoms with van der Waals surface area (Å²) < 4.78 is 0. The zero-order valence-electron chi connectivity index (χ0n) is 6.82. The first-order valence-corrected chi connectivity index (χ1v) is 4.28. The smallest absolute Gasteiger partial charge is 0.0301 e. The van der Waals surface area contributed by atoms with Gasteiger partial charge < -0.3 is 11.1 Å². The van der Waals surface area contributed by atoms with Gasteiger partial charge in [-0.05, 0) is 25.8 Å². The minimum absolute atomic E-state index is 0.290. The van der Waals surface area contributed by atoms with Crippen LogP contribution < -0.4 is 11.1 Å². The summed E-state index contributed by atoms with van der Waals surface area (Å²) >= 11 is 0. The van der Waals surface area contributed by atoms with Crippen molar-refractivity contribution in [3.63, 3.8) is 0 Å². The predicted molar refractivity (Wildman–Crippen MR) is 43.9 cm³/mol. The molecule has 1 heterocycles. The van der Waals surface area contributed by atoms with Gasteiger partial charge in [0, 0.05) is 12.1 Å². The summed E-state index contributed by atoms with van der Waals surface area (Å²) in [4.78, 5) is 0. The third-order valence-electron chi connectivity index (χ3n) is 2.65. The van der Waals surface area contributed by atoms with Crippen molar-refractivity contribution in [2.75, 3.05) is 13.1 Å². The molecule has 3 N–H and O–H groups in total. The van der Waals surface area contributed by atoms with Crippen molar-refractivity contribution in [3.8, 4) is 0 Å². The molecule has 1 aliphatic heterocycles. The number of hydrogen-bond donors (Lipinski definition) is 2. The van der Waals surface area contributed by atoms with E-state index in [4.69, 9.17) is 5.73 Å². The quantitative estimate of drug-likeness (QED) is 0.600. The highest BCUT2D eigenvalue weighted by Gasteiger charge is 2.27. The molecule has 0 aliphatic carbocycles. The van der Waals surface area contributed by atoms with Gasteiger partial charge in [-0.15, -0.1) is 0 Å². The van der Waals surface area contributed by atoms with E-state index in [1.54, 1.807) is 0 Å². The Hall–Kier alpha value is -0.0800. The zero-order chi connectivity index (χ0) is 7.45. The first-order chi connectivity index (χ1) is 4.83. The van der Waals surface area contributed by atoms with E-state index in [1.807, 2.05) is 0 Å². The van der Waals surface area contributed by atoms with Crippen LogP contribution >= 0.6 is 0 Å². The molecule has 10 heavy (non-hydrogen) atoms. The maximum atomic E-state index is 5.69. The highest BCUT2D eigenvalue weighted by molar-refractivity contribution is 4.90. The Morgan fingerprint density at radius 1 is 1.50 bits per heavy atom. The Morgan fingerprint density at radius 2 is 2.30 bits per heavy atom. The van der Waals surface area contributed by atoms with Crippen molar-refractivity contribution in [2.45, 2.75) is 38.1 Å². The van der Waals surface area contributed by atoms with Crippen LogP contribution in [0, 0.1) is 0 Å². The molecular weight excluding hydrogens is 124 g/mol. The van der Waals surface area contributed by atoms with Crippen LogP contribution in [0.1, 0.15) is 32.6 Å². The van der Waals surface area contributed by atoms with Crippen molar-refractivity contribution >= 4 is 0 Å². The SMILES string of the molecule is CCC1(CN)CCCCN1. The van der Waals surface area contributed by atoms with Crippen LogP contribution in [0.3, 0.4) is 0 Å². The molecule has 1 unspecified atom stereocenters. The van der Waals surface area contributed by atoms with Crippen LogP contribution in [-0.2, 0) is 0 Å². The topological polar surface area (TPSA) is 38.0 Å². The van der Waals surface area contributed by atoms with Gasteiger partial charge in [0.2, 0.25) is 0 Å². The molecule has 1 rings (SSSR count). The van der Waals surface area contributed by atoms with Gasteiger partial charge in [0.1, 0.15) is 0 Å². The highest BCUT2D eigenvalue weighted by atomic mass is 15.0. The molecule has 2 heteroatoms. The molecule has 0 radical (unpaired) electrons. The second-order valence-corrected chi connectivity index (χ2v) is 3.22. The second kappa shape index (κ2) is 3.35. The molecule has 0 spiro atoms. The molecule has 60 valence electrons. The molecule has 0 aromatic carbocycles. The number of hydrogen-bond acceptors (Lipinski definition) is 2. The standard InChI is InChI=1S/C8H18N2/c1-2-8(7-9)5-3-4-6-10-8/h10H,2-7,9H2,1H3. The molecule has 1 atom stereocenters. The Morgan fingerprint density at radius 3 is 2.60 bits per heavy atom. The minimum atomic E-state index is 0.290. The molecule has 1 fully saturated rings. The lowest BCUT2D eigenvalue weighted by Gasteiger charge is -2.36. The molecule has 0 bridgehead atoms. The maximum Gasteiger partial charge on any atom is 0.0301 e. The number of rotatable bonds is 2. The Balaban J connectivity index is 2.44.